The van der Waals surface area contributed by atoms with Crippen molar-refractivity contribution in [3.05, 3.63) is 47.5 Å². The van der Waals surface area contributed by atoms with Crippen LogP contribution in [0.1, 0.15) is 56.0 Å². The predicted octanol–water partition coefficient (Wildman–Crippen LogP) is 4.11. The van der Waals surface area contributed by atoms with Crippen LogP contribution in [0.2, 0.25) is 0 Å². The Labute approximate surface area is 142 Å². The third-order valence-corrected chi connectivity index (χ3v) is 5.99. The third kappa shape index (κ3) is 1.83. The van der Waals surface area contributed by atoms with Crippen LogP contribution in [-0.4, -0.2) is 19.6 Å². The van der Waals surface area contributed by atoms with E-state index in [4.69, 9.17) is 4.98 Å². The van der Waals surface area contributed by atoms with E-state index in [-0.39, 0.29) is 5.41 Å². The van der Waals surface area contributed by atoms with E-state index in [1.54, 1.807) is 0 Å². The molecule has 0 atom stereocenters. The highest BCUT2D eigenvalue weighted by Crippen LogP contribution is 2.51. The topological polar surface area (TPSA) is 43.1 Å². The van der Waals surface area contributed by atoms with Crippen molar-refractivity contribution in [3.8, 4) is 11.3 Å². The number of nitrogens with zero attached hydrogens (tertiary/aromatic N) is 4. The number of fused-ring (bicyclic) bond motifs is 6. The second-order valence-corrected chi connectivity index (χ2v) is 7.30. The van der Waals surface area contributed by atoms with E-state index in [0.29, 0.717) is 0 Å². The van der Waals surface area contributed by atoms with E-state index in [1.165, 1.54) is 48.8 Å². The molecule has 0 aliphatic heterocycles. The van der Waals surface area contributed by atoms with Gasteiger partial charge in [-0.2, -0.15) is 0 Å². The van der Waals surface area contributed by atoms with E-state index in [1.807, 2.05) is 6.33 Å². The molecule has 0 saturated heterocycles. The van der Waals surface area contributed by atoms with Crippen molar-refractivity contribution in [2.45, 2.75) is 57.3 Å². The number of aromatic nitrogens is 4. The molecule has 0 bridgehead atoms. The first-order chi connectivity index (χ1) is 11.8. The van der Waals surface area contributed by atoms with Crippen LogP contribution in [0.5, 0.6) is 0 Å². The summed E-state index contributed by atoms with van der Waals surface area (Å²) >= 11 is 0. The quantitative estimate of drug-likeness (QED) is 0.678. The molecule has 1 saturated carbocycles. The fourth-order valence-corrected chi connectivity index (χ4v) is 4.89. The summed E-state index contributed by atoms with van der Waals surface area (Å²) in [6.45, 7) is 2.15. The molecule has 2 heterocycles. The molecule has 2 aliphatic carbocycles. The van der Waals surface area contributed by atoms with Gasteiger partial charge in [-0.1, -0.05) is 50.5 Å². The second-order valence-electron chi connectivity index (χ2n) is 7.30. The second kappa shape index (κ2) is 5.13. The van der Waals surface area contributed by atoms with E-state index < -0.39 is 0 Å². The van der Waals surface area contributed by atoms with Gasteiger partial charge in [-0.05, 0) is 24.8 Å². The number of rotatable bonds is 1. The van der Waals surface area contributed by atoms with Gasteiger partial charge in [0, 0.05) is 23.0 Å². The van der Waals surface area contributed by atoms with Crippen molar-refractivity contribution in [2.24, 2.45) is 0 Å². The zero-order chi connectivity index (χ0) is 16.1. The Kier molecular flexibility index (Phi) is 3.02. The van der Waals surface area contributed by atoms with Crippen LogP contribution in [-0.2, 0) is 18.3 Å². The van der Waals surface area contributed by atoms with E-state index >= 15 is 0 Å². The van der Waals surface area contributed by atoms with Gasteiger partial charge >= 0.3 is 0 Å². The molecule has 24 heavy (non-hydrogen) atoms. The summed E-state index contributed by atoms with van der Waals surface area (Å²) in [5, 5.41) is 8.76. The number of hydrogen-bond donors (Lipinski definition) is 0. The average molecular weight is 318 g/mol. The van der Waals surface area contributed by atoms with Gasteiger partial charge in [0.05, 0.1) is 5.69 Å². The largest absolute Gasteiger partial charge is 0.269 e. The maximum atomic E-state index is 5.11. The molecule has 122 valence electrons. The van der Waals surface area contributed by atoms with Gasteiger partial charge in [0.15, 0.2) is 5.65 Å². The molecule has 4 nitrogen and oxygen atoms in total. The maximum absolute atomic E-state index is 5.11. The van der Waals surface area contributed by atoms with Gasteiger partial charge in [0.25, 0.3) is 0 Å². The lowest BCUT2D eigenvalue weighted by molar-refractivity contribution is 0.288. The summed E-state index contributed by atoms with van der Waals surface area (Å²) in [5.41, 5.74) is 6.49. The summed E-state index contributed by atoms with van der Waals surface area (Å²) in [6, 6.07) is 8.80. The fraction of sp³-hybridized carbons (Fsp3) is 0.450. The molecule has 2 aromatic heterocycles. The molecule has 0 N–H and O–H groups in total. The maximum Gasteiger partial charge on any atom is 0.167 e. The molecule has 4 heteroatoms. The highest BCUT2D eigenvalue weighted by atomic mass is 15.2. The molecule has 2 aliphatic rings. The van der Waals surface area contributed by atoms with E-state index in [2.05, 4.69) is 45.8 Å². The first kappa shape index (κ1) is 14.1. The van der Waals surface area contributed by atoms with Gasteiger partial charge in [-0.15, -0.1) is 10.2 Å². The lowest BCUT2D eigenvalue weighted by atomic mass is 9.62. The Hall–Kier alpha value is -2.23. The number of hydrogen-bond acceptors (Lipinski definition) is 3. The molecular weight excluding hydrogens is 296 g/mol. The first-order valence-electron chi connectivity index (χ1n) is 9.14. The summed E-state index contributed by atoms with van der Waals surface area (Å²) < 4.78 is 2.11. The Balaban J connectivity index is 1.89. The Bertz CT molecular complexity index is 919. The predicted molar refractivity (Wildman–Crippen MR) is 94.1 cm³/mol. The fourth-order valence-electron chi connectivity index (χ4n) is 4.89. The van der Waals surface area contributed by atoms with Crippen LogP contribution in [0.3, 0.4) is 0 Å². The molecule has 1 aromatic carbocycles. The monoisotopic (exact) mass is 318 g/mol. The zero-order valence-electron chi connectivity index (χ0n) is 14.1. The van der Waals surface area contributed by atoms with Gasteiger partial charge in [0.1, 0.15) is 12.2 Å². The molecule has 1 spiro atoms. The summed E-state index contributed by atoms with van der Waals surface area (Å²) in [5.74, 6) is 1.05. The zero-order valence-corrected chi connectivity index (χ0v) is 14.1. The number of benzene rings is 1. The SMILES string of the molecule is CCc1nc2c(c3nncn13)C1(CCCCC1)Cc1ccccc1-2. The van der Waals surface area contributed by atoms with Crippen molar-refractivity contribution in [1.29, 1.82) is 0 Å². The Morgan fingerprint density at radius 2 is 1.96 bits per heavy atom. The molecular formula is C20H22N4. The van der Waals surface area contributed by atoms with Crippen molar-refractivity contribution in [2.75, 3.05) is 0 Å². The normalized spacial score (nSPS) is 18.5. The summed E-state index contributed by atoms with van der Waals surface area (Å²) in [6.07, 6.45) is 10.3. The van der Waals surface area contributed by atoms with Gasteiger partial charge in [-0.3, -0.25) is 4.40 Å². The first-order valence-corrected chi connectivity index (χ1v) is 9.14. The molecule has 5 rings (SSSR count). The Morgan fingerprint density at radius 3 is 2.79 bits per heavy atom. The minimum absolute atomic E-state index is 0.190. The van der Waals surface area contributed by atoms with Crippen LogP contribution in [0.25, 0.3) is 16.9 Å². The van der Waals surface area contributed by atoms with Crippen LogP contribution >= 0.6 is 0 Å². The lowest BCUT2D eigenvalue weighted by Gasteiger charge is -2.42. The van der Waals surface area contributed by atoms with Crippen molar-refractivity contribution in [3.63, 3.8) is 0 Å². The minimum Gasteiger partial charge on any atom is -0.269 e. The summed E-state index contributed by atoms with van der Waals surface area (Å²) in [7, 11) is 0. The molecule has 3 aromatic rings. The van der Waals surface area contributed by atoms with E-state index in [9.17, 15) is 0 Å². The third-order valence-electron chi connectivity index (χ3n) is 5.99. The molecule has 0 amide bonds. The van der Waals surface area contributed by atoms with Crippen LogP contribution in [0.4, 0.5) is 0 Å². The van der Waals surface area contributed by atoms with Gasteiger partial charge in [0.2, 0.25) is 0 Å². The Morgan fingerprint density at radius 1 is 1.12 bits per heavy atom. The van der Waals surface area contributed by atoms with E-state index in [0.717, 1.165) is 30.0 Å². The molecule has 0 unspecified atom stereocenters. The molecule has 1 fully saturated rings. The van der Waals surface area contributed by atoms with Crippen molar-refractivity contribution >= 4 is 5.65 Å². The average Bonchev–Trinajstić information content (AvgIpc) is 3.11. The summed E-state index contributed by atoms with van der Waals surface area (Å²) in [4.78, 5) is 5.11. The number of aryl methyl sites for hydroxylation is 1. The lowest BCUT2D eigenvalue weighted by Crippen LogP contribution is -2.36. The van der Waals surface area contributed by atoms with Crippen LogP contribution < -0.4 is 0 Å². The van der Waals surface area contributed by atoms with Crippen molar-refractivity contribution in [1.82, 2.24) is 19.6 Å². The van der Waals surface area contributed by atoms with Crippen molar-refractivity contribution < 1.29 is 0 Å². The van der Waals surface area contributed by atoms with Gasteiger partial charge < -0.3 is 0 Å². The standard InChI is InChI=1S/C20H22N4/c1-2-16-22-18-15-9-5-4-8-14(15)12-20(10-6-3-7-11-20)17(18)19-23-21-13-24(16)19/h4-5,8-9,13H,2-3,6-7,10-12H2,1H3. The highest BCUT2D eigenvalue weighted by molar-refractivity contribution is 5.77. The van der Waals surface area contributed by atoms with Crippen LogP contribution in [0.15, 0.2) is 30.6 Å². The molecule has 0 radical (unpaired) electrons. The smallest absolute Gasteiger partial charge is 0.167 e. The highest BCUT2D eigenvalue weighted by Gasteiger charge is 2.42. The van der Waals surface area contributed by atoms with Crippen LogP contribution in [0, 0.1) is 0 Å². The van der Waals surface area contributed by atoms with Gasteiger partial charge in [-0.25, -0.2) is 4.98 Å². The minimum atomic E-state index is 0.190.